The number of carbonyl (C=O) groups excluding carboxylic acids is 1. The quantitative estimate of drug-likeness (QED) is 0.237. The lowest BCUT2D eigenvalue weighted by atomic mass is 9.86. The minimum absolute atomic E-state index is 0.0213. The predicted molar refractivity (Wildman–Crippen MR) is 127 cm³/mol. The average molecular weight is 458 g/mol. The molecule has 1 heterocycles. The lowest BCUT2D eigenvalue weighted by Gasteiger charge is -2.23. The molecule has 0 spiro atoms. The van der Waals surface area contributed by atoms with Crippen molar-refractivity contribution in [2.24, 2.45) is 12.5 Å². The van der Waals surface area contributed by atoms with Crippen LogP contribution in [0.3, 0.4) is 0 Å². The molecular weight excluding hydrogens is 426 g/mol. The van der Waals surface area contributed by atoms with Gasteiger partial charge in [0.1, 0.15) is 17.3 Å². The molecule has 32 heavy (non-hydrogen) atoms. The van der Waals surface area contributed by atoms with Crippen molar-refractivity contribution in [3.05, 3.63) is 51.8 Å². The van der Waals surface area contributed by atoms with Gasteiger partial charge in [0.15, 0.2) is 5.76 Å². The summed E-state index contributed by atoms with van der Waals surface area (Å²) in [7, 11) is 1.72. The Labute approximate surface area is 195 Å². The highest BCUT2D eigenvalue weighted by Gasteiger charge is 2.28. The number of halogens is 1. The number of rotatable bonds is 5. The van der Waals surface area contributed by atoms with Crippen LogP contribution in [-0.4, -0.2) is 22.0 Å². The van der Waals surface area contributed by atoms with Gasteiger partial charge >= 0.3 is 5.97 Å². The maximum Gasteiger partial charge on any atom is 0.314 e. The van der Waals surface area contributed by atoms with E-state index in [9.17, 15) is 10.1 Å². The molecule has 0 aliphatic rings. The number of aryl methyl sites for hydroxylation is 2. The van der Waals surface area contributed by atoms with E-state index < -0.39 is 17.7 Å². The molecule has 2 aromatic rings. The second-order valence-electron chi connectivity index (χ2n) is 9.86. The van der Waals surface area contributed by atoms with E-state index in [0.717, 1.165) is 5.56 Å². The van der Waals surface area contributed by atoms with Crippen molar-refractivity contribution in [1.29, 1.82) is 5.26 Å². The summed E-state index contributed by atoms with van der Waals surface area (Å²) in [6.45, 7) is 15.0. The molecule has 0 amide bonds. The first-order chi connectivity index (χ1) is 14.7. The lowest BCUT2D eigenvalue weighted by molar-refractivity contribution is -0.173. The Hall–Kier alpha value is -2.78. The van der Waals surface area contributed by atoms with Crippen LogP contribution in [0.15, 0.2) is 24.3 Å². The predicted octanol–water partition coefficient (Wildman–Crippen LogP) is 6.02. The Kier molecular flexibility index (Phi) is 7.47. The molecule has 0 fully saturated rings. The summed E-state index contributed by atoms with van der Waals surface area (Å²) >= 11 is 6.53. The van der Waals surface area contributed by atoms with E-state index in [4.69, 9.17) is 21.1 Å². The summed E-state index contributed by atoms with van der Waals surface area (Å²) in [5, 5.41) is 14.8. The standard InChI is InChI=1S/C25H32ClN3O3/c1-15-20(26)21(29(9)28-15)22(31-16(2)32-23(30)25(6,7)8)19(14-27)17-10-12-18(13-11-17)24(3,4)5/h10-13,16H,1-9H3/b22-19-. The third-order valence-corrected chi connectivity index (χ3v) is 5.36. The number of ether oxygens (including phenoxy) is 2. The van der Waals surface area contributed by atoms with E-state index in [1.165, 1.54) is 0 Å². The van der Waals surface area contributed by atoms with Gasteiger partial charge in [-0.05, 0) is 44.2 Å². The molecule has 0 aliphatic carbocycles. The first-order valence-corrected chi connectivity index (χ1v) is 10.9. The molecule has 0 bridgehead atoms. The first-order valence-electron chi connectivity index (χ1n) is 10.5. The van der Waals surface area contributed by atoms with E-state index in [0.29, 0.717) is 22.0 Å². The SMILES string of the molecule is Cc1nn(C)c(/C(OC(C)OC(=O)C(C)(C)C)=C(\C#N)c2ccc(C(C)(C)C)cc2)c1Cl. The number of allylic oxidation sites excluding steroid dienone is 1. The maximum absolute atomic E-state index is 12.3. The summed E-state index contributed by atoms with van der Waals surface area (Å²) in [6.07, 6.45) is -0.944. The van der Waals surface area contributed by atoms with Gasteiger partial charge < -0.3 is 9.47 Å². The third kappa shape index (κ3) is 5.72. The largest absolute Gasteiger partial charge is 0.451 e. The van der Waals surface area contributed by atoms with Crippen molar-refractivity contribution in [3.63, 3.8) is 0 Å². The highest BCUT2D eigenvalue weighted by molar-refractivity contribution is 6.33. The van der Waals surface area contributed by atoms with Crippen LogP contribution in [0.4, 0.5) is 0 Å². The van der Waals surface area contributed by atoms with Crippen molar-refractivity contribution in [2.75, 3.05) is 0 Å². The van der Waals surface area contributed by atoms with Crippen molar-refractivity contribution >= 4 is 28.9 Å². The molecule has 1 unspecified atom stereocenters. The summed E-state index contributed by atoms with van der Waals surface area (Å²) in [6, 6.07) is 9.98. The van der Waals surface area contributed by atoms with Gasteiger partial charge in [0, 0.05) is 14.0 Å². The van der Waals surface area contributed by atoms with Crippen LogP contribution in [0, 0.1) is 23.7 Å². The Bertz CT molecular complexity index is 1060. The molecule has 1 aromatic heterocycles. The Balaban J connectivity index is 2.61. The number of esters is 1. The van der Waals surface area contributed by atoms with Gasteiger partial charge in [0.25, 0.3) is 0 Å². The summed E-state index contributed by atoms with van der Waals surface area (Å²) in [5.41, 5.74) is 2.41. The first kappa shape index (κ1) is 25.5. The van der Waals surface area contributed by atoms with Gasteiger partial charge in [-0.2, -0.15) is 10.4 Å². The van der Waals surface area contributed by atoms with E-state index in [-0.39, 0.29) is 16.7 Å². The number of nitrogens with zero attached hydrogens (tertiary/aromatic N) is 3. The van der Waals surface area contributed by atoms with Gasteiger partial charge in [0.2, 0.25) is 6.29 Å². The number of carbonyl (C=O) groups is 1. The van der Waals surface area contributed by atoms with Gasteiger partial charge in [0.05, 0.1) is 16.1 Å². The topological polar surface area (TPSA) is 77.1 Å². The zero-order valence-corrected chi connectivity index (χ0v) is 21.1. The number of hydrogen-bond donors (Lipinski definition) is 0. The van der Waals surface area contributed by atoms with Crippen molar-refractivity contribution in [1.82, 2.24) is 9.78 Å². The minimum atomic E-state index is -0.944. The third-order valence-electron chi connectivity index (χ3n) is 4.91. The smallest absolute Gasteiger partial charge is 0.314 e. The second kappa shape index (κ2) is 9.38. The molecule has 0 saturated carbocycles. The van der Waals surface area contributed by atoms with Crippen LogP contribution < -0.4 is 0 Å². The normalized spacial score (nSPS) is 13.8. The zero-order valence-electron chi connectivity index (χ0n) is 20.3. The fraction of sp³-hybridized carbons (Fsp3) is 0.480. The average Bonchev–Trinajstić information content (AvgIpc) is 2.92. The van der Waals surface area contributed by atoms with Crippen LogP contribution in [0.1, 0.15) is 71.0 Å². The van der Waals surface area contributed by atoms with Gasteiger partial charge in [-0.25, -0.2) is 0 Å². The molecule has 172 valence electrons. The number of nitriles is 1. The molecule has 2 rings (SSSR count). The number of aromatic nitrogens is 2. The fourth-order valence-electron chi connectivity index (χ4n) is 3.01. The molecule has 1 atom stereocenters. The Morgan fingerprint density at radius 2 is 1.69 bits per heavy atom. The van der Waals surface area contributed by atoms with E-state index in [1.54, 1.807) is 46.3 Å². The summed E-state index contributed by atoms with van der Waals surface area (Å²) in [5.74, 6) is -0.206. The molecule has 0 N–H and O–H groups in total. The van der Waals surface area contributed by atoms with Crippen LogP contribution >= 0.6 is 11.6 Å². The van der Waals surface area contributed by atoms with Crippen LogP contribution in [0.25, 0.3) is 11.3 Å². The van der Waals surface area contributed by atoms with Gasteiger partial charge in [-0.3, -0.25) is 9.48 Å². The van der Waals surface area contributed by atoms with E-state index in [1.807, 2.05) is 24.3 Å². The molecule has 0 saturated heterocycles. The zero-order chi connectivity index (χ0) is 24.4. The van der Waals surface area contributed by atoms with Gasteiger partial charge in [-0.15, -0.1) is 0 Å². The van der Waals surface area contributed by atoms with Crippen molar-refractivity contribution in [3.8, 4) is 6.07 Å². The summed E-state index contributed by atoms with van der Waals surface area (Å²) in [4.78, 5) is 12.3. The van der Waals surface area contributed by atoms with Crippen molar-refractivity contribution < 1.29 is 14.3 Å². The van der Waals surface area contributed by atoms with Gasteiger partial charge in [-0.1, -0.05) is 56.6 Å². The number of benzene rings is 1. The van der Waals surface area contributed by atoms with E-state index >= 15 is 0 Å². The van der Waals surface area contributed by atoms with Crippen LogP contribution in [0.5, 0.6) is 0 Å². The molecule has 1 aromatic carbocycles. The Morgan fingerprint density at radius 3 is 2.09 bits per heavy atom. The highest BCUT2D eigenvalue weighted by atomic mass is 35.5. The molecule has 6 nitrogen and oxygen atoms in total. The monoisotopic (exact) mass is 457 g/mol. The number of hydrogen-bond acceptors (Lipinski definition) is 5. The second-order valence-corrected chi connectivity index (χ2v) is 10.2. The van der Waals surface area contributed by atoms with E-state index in [2.05, 4.69) is 31.9 Å². The minimum Gasteiger partial charge on any atom is -0.451 e. The molecule has 0 aliphatic heterocycles. The highest BCUT2D eigenvalue weighted by Crippen LogP contribution is 2.35. The molecular formula is C25H32ClN3O3. The summed E-state index contributed by atoms with van der Waals surface area (Å²) < 4.78 is 13.1. The molecule has 7 heteroatoms. The maximum atomic E-state index is 12.3. The van der Waals surface area contributed by atoms with Crippen molar-refractivity contribution in [2.45, 2.75) is 67.1 Å². The van der Waals surface area contributed by atoms with Crippen LogP contribution in [0.2, 0.25) is 5.02 Å². The fourth-order valence-corrected chi connectivity index (χ4v) is 3.26. The van der Waals surface area contributed by atoms with Crippen LogP contribution in [-0.2, 0) is 26.7 Å². The lowest BCUT2D eigenvalue weighted by Crippen LogP contribution is -2.28. The Morgan fingerprint density at radius 1 is 1.12 bits per heavy atom. The molecule has 0 radical (unpaired) electrons.